The van der Waals surface area contributed by atoms with Crippen LogP contribution in [-0.2, 0) is 0 Å². The predicted molar refractivity (Wildman–Crippen MR) is 79.5 cm³/mol. The van der Waals surface area contributed by atoms with Gasteiger partial charge in [-0.25, -0.2) is 4.79 Å². The van der Waals surface area contributed by atoms with Gasteiger partial charge in [0.05, 0.1) is 5.69 Å². The van der Waals surface area contributed by atoms with Gasteiger partial charge in [0, 0.05) is 38.1 Å². The van der Waals surface area contributed by atoms with Crippen LogP contribution in [0.1, 0.15) is 35.8 Å². The summed E-state index contributed by atoms with van der Waals surface area (Å²) in [5.41, 5.74) is 1.92. The quantitative estimate of drug-likeness (QED) is 0.912. The lowest BCUT2D eigenvalue weighted by molar-refractivity contribution is 0.0697. The topological polar surface area (TPSA) is 56.7 Å². The van der Waals surface area contributed by atoms with Crippen molar-refractivity contribution in [2.75, 3.05) is 31.6 Å². The number of aryl methyl sites for hydroxylation is 1. The number of pyridine rings is 1. The van der Waals surface area contributed by atoms with Crippen LogP contribution in [0.25, 0.3) is 0 Å². The first-order valence-electron chi connectivity index (χ1n) is 7.18. The second-order valence-corrected chi connectivity index (χ2v) is 5.42. The largest absolute Gasteiger partial charge is 0.478 e. The number of carboxylic acid groups (broad SMARTS) is 1. The number of carboxylic acids is 1. The lowest BCUT2D eigenvalue weighted by atomic mass is 10.0. The third kappa shape index (κ3) is 3.10. The van der Waals surface area contributed by atoms with E-state index in [1.165, 1.54) is 6.20 Å². The minimum atomic E-state index is -0.912. The Morgan fingerprint density at radius 3 is 2.70 bits per heavy atom. The number of rotatable bonds is 4. The number of aromatic nitrogens is 1. The molecule has 0 radical (unpaired) electrons. The molecule has 1 aromatic heterocycles. The lowest BCUT2D eigenvalue weighted by Gasteiger charge is -2.37. The fraction of sp³-hybridized carbons (Fsp3) is 0.600. The highest BCUT2D eigenvalue weighted by molar-refractivity contribution is 5.94. The molecule has 5 heteroatoms. The van der Waals surface area contributed by atoms with Crippen LogP contribution in [0.5, 0.6) is 0 Å². The van der Waals surface area contributed by atoms with E-state index in [0.29, 0.717) is 6.04 Å². The normalized spacial score (nSPS) is 17.1. The highest BCUT2D eigenvalue weighted by Crippen LogP contribution is 2.26. The highest BCUT2D eigenvalue weighted by Gasteiger charge is 2.24. The zero-order chi connectivity index (χ0) is 14.7. The van der Waals surface area contributed by atoms with Crippen LogP contribution >= 0.6 is 0 Å². The van der Waals surface area contributed by atoms with Gasteiger partial charge in [0.1, 0.15) is 5.56 Å². The number of carbonyl (C=O) groups is 1. The van der Waals surface area contributed by atoms with E-state index in [1.807, 2.05) is 20.0 Å². The van der Waals surface area contributed by atoms with Crippen LogP contribution in [0.3, 0.4) is 0 Å². The fourth-order valence-corrected chi connectivity index (χ4v) is 2.82. The van der Waals surface area contributed by atoms with E-state index in [4.69, 9.17) is 0 Å². The van der Waals surface area contributed by atoms with Crippen LogP contribution in [0.4, 0.5) is 5.69 Å². The monoisotopic (exact) mass is 277 g/mol. The summed E-state index contributed by atoms with van der Waals surface area (Å²) in [5, 5.41) is 9.31. The molecule has 0 spiro atoms. The summed E-state index contributed by atoms with van der Waals surface area (Å²) < 4.78 is 0. The van der Waals surface area contributed by atoms with Crippen molar-refractivity contribution in [3.05, 3.63) is 23.5 Å². The van der Waals surface area contributed by atoms with Gasteiger partial charge in [0.15, 0.2) is 0 Å². The molecule has 110 valence electrons. The minimum Gasteiger partial charge on any atom is -0.478 e. The molecule has 0 aromatic carbocycles. The number of piperidine rings is 1. The summed E-state index contributed by atoms with van der Waals surface area (Å²) in [6, 6.07) is 2.27. The van der Waals surface area contributed by atoms with E-state index in [-0.39, 0.29) is 5.56 Å². The summed E-state index contributed by atoms with van der Waals surface area (Å²) in [4.78, 5) is 20.0. The van der Waals surface area contributed by atoms with E-state index in [2.05, 4.69) is 21.7 Å². The number of aromatic carboxylic acids is 1. The Labute approximate surface area is 120 Å². The molecule has 5 nitrogen and oxygen atoms in total. The number of anilines is 1. The Bertz CT molecular complexity index is 482. The summed E-state index contributed by atoms with van der Waals surface area (Å²) >= 11 is 0. The van der Waals surface area contributed by atoms with E-state index < -0.39 is 5.97 Å². The Balaban J connectivity index is 2.18. The third-order valence-corrected chi connectivity index (χ3v) is 4.18. The van der Waals surface area contributed by atoms with E-state index in [0.717, 1.165) is 43.9 Å². The molecule has 1 N–H and O–H groups in total. The number of hydrogen-bond acceptors (Lipinski definition) is 4. The Morgan fingerprint density at radius 1 is 1.50 bits per heavy atom. The van der Waals surface area contributed by atoms with Crippen molar-refractivity contribution in [1.82, 2.24) is 9.88 Å². The van der Waals surface area contributed by atoms with Gasteiger partial charge >= 0.3 is 5.97 Å². The van der Waals surface area contributed by atoms with Crippen molar-refractivity contribution in [1.29, 1.82) is 0 Å². The standard InChI is InChI=1S/C15H23N3O2/c1-4-18-7-5-12(6-8-18)17(3)14-9-11(2)16-10-13(14)15(19)20/h9-10,12H,4-8H2,1-3H3,(H,19,20). The molecule has 1 saturated heterocycles. The van der Waals surface area contributed by atoms with Gasteiger partial charge in [-0.05, 0) is 32.4 Å². The average Bonchev–Trinajstić information content (AvgIpc) is 2.46. The molecule has 0 saturated carbocycles. The second kappa shape index (κ2) is 6.22. The number of hydrogen-bond donors (Lipinski definition) is 1. The number of nitrogens with zero attached hydrogens (tertiary/aromatic N) is 3. The van der Waals surface area contributed by atoms with Crippen molar-refractivity contribution in [2.45, 2.75) is 32.7 Å². The molecule has 1 aliphatic heterocycles. The molecule has 2 rings (SSSR count). The van der Waals surface area contributed by atoms with Crippen LogP contribution < -0.4 is 4.90 Å². The SMILES string of the molecule is CCN1CCC(N(C)c2cc(C)ncc2C(=O)O)CC1. The maximum absolute atomic E-state index is 11.3. The molecule has 20 heavy (non-hydrogen) atoms. The molecule has 2 heterocycles. The average molecular weight is 277 g/mol. The molecule has 0 bridgehead atoms. The molecule has 0 amide bonds. The molecule has 0 aliphatic carbocycles. The van der Waals surface area contributed by atoms with Gasteiger partial charge in [0.25, 0.3) is 0 Å². The van der Waals surface area contributed by atoms with Crippen molar-refractivity contribution < 1.29 is 9.90 Å². The first kappa shape index (κ1) is 14.8. The maximum atomic E-state index is 11.3. The summed E-state index contributed by atoms with van der Waals surface area (Å²) in [6.45, 7) is 7.32. The molecule has 1 fully saturated rings. The zero-order valence-corrected chi connectivity index (χ0v) is 12.5. The molecule has 0 unspecified atom stereocenters. The van der Waals surface area contributed by atoms with Crippen molar-refractivity contribution in [2.24, 2.45) is 0 Å². The Hall–Kier alpha value is -1.62. The van der Waals surface area contributed by atoms with Crippen LogP contribution in [-0.4, -0.2) is 53.7 Å². The predicted octanol–water partition coefficient (Wildman–Crippen LogP) is 2.01. The summed E-state index contributed by atoms with van der Waals surface area (Å²) in [6.07, 6.45) is 3.61. The van der Waals surface area contributed by atoms with Crippen LogP contribution in [0, 0.1) is 6.92 Å². The molecular weight excluding hydrogens is 254 g/mol. The van der Waals surface area contributed by atoms with Gasteiger partial charge < -0.3 is 14.9 Å². The van der Waals surface area contributed by atoms with Crippen LogP contribution in [0.2, 0.25) is 0 Å². The minimum absolute atomic E-state index is 0.288. The Kier molecular flexibility index (Phi) is 4.60. The molecule has 0 atom stereocenters. The molecule has 1 aliphatic rings. The van der Waals surface area contributed by atoms with E-state index in [9.17, 15) is 9.90 Å². The van der Waals surface area contributed by atoms with E-state index >= 15 is 0 Å². The number of likely N-dealkylation sites (tertiary alicyclic amines) is 1. The first-order valence-corrected chi connectivity index (χ1v) is 7.18. The van der Waals surface area contributed by atoms with Gasteiger partial charge in [-0.3, -0.25) is 4.98 Å². The molecular formula is C15H23N3O2. The van der Waals surface area contributed by atoms with Crippen molar-refractivity contribution in [3.8, 4) is 0 Å². The van der Waals surface area contributed by atoms with Gasteiger partial charge in [-0.1, -0.05) is 6.92 Å². The van der Waals surface area contributed by atoms with Gasteiger partial charge in [0.2, 0.25) is 0 Å². The smallest absolute Gasteiger partial charge is 0.339 e. The van der Waals surface area contributed by atoms with Crippen LogP contribution in [0.15, 0.2) is 12.3 Å². The summed E-state index contributed by atoms with van der Waals surface area (Å²) in [5.74, 6) is -0.912. The zero-order valence-electron chi connectivity index (χ0n) is 12.5. The first-order chi connectivity index (χ1) is 9.52. The van der Waals surface area contributed by atoms with Gasteiger partial charge in [-0.2, -0.15) is 0 Å². The Morgan fingerprint density at radius 2 is 2.15 bits per heavy atom. The second-order valence-electron chi connectivity index (χ2n) is 5.42. The highest BCUT2D eigenvalue weighted by atomic mass is 16.4. The fourth-order valence-electron chi connectivity index (χ4n) is 2.82. The maximum Gasteiger partial charge on any atom is 0.339 e. The summed E-state index contributed by atoms with van der Waals surface area (Å²) in [7, 11) is 1.99. The lowest BCUT2D eigenvalue weighted by Crippen LogP contribution is -2.43. The third-order valence-electron chi connectivity index (χ3n) is 4.18. The van der Waals surface area contributed by atoms with Crippen molar-refractivity contribution >= 4 is 11.7 Å². The van der Waals surface area contributed by atoms with Gasteiger partial charge in [-0.15, -0.1) is 0 Å². The van der Waals surface area contributed by atoms with E-state index in [1.54, 1.807) is 0 Å². The van der Waals surface area contributed by atoms with Crippen molar-refractivity contribution in [3.63, 3.8) is 0 Å². The molecule has 1 aromatic rings.